The molecular formula is C10H13N3. The number of nitrogens with two attached hydrogens (primary N) is 1. The van der Waals surface area contributed by atoms with Crippen LogP contribution in [0.25, 0.3) is 10.9 Å². The van der Waals surface area contributed by atoms with Crippen LogP contribution >= 0.6 is 0 Å². The minimum Gasteiger partial charge on any atom is -0.326 e. The van der Waals surface area contributed by atoms with Crippen molar-refractivity contribution < 1.29 is 0 Å². The van der Waals surface area contributed by atoms with E-state index in [2.05, 4.69) is 23.2 Å². The zero-order chi connectivity index (χ0) is 9.26. The summed E-state index contributed by atoms with van der Waals surface area (Å²) in [5.74, 6) is 0. The van der Waals surface area contributed by atoms with Gasteiger partial charge < -0.3 is 5.73 Å². The van der Waals surface area contributed by atoms with Gasteiger partial charge in [-0.3, -0.25) is 5.10 Å². The first-order chi connectivity index (χ1) is 6.36. The third-order valence-electron chi connectivity index (χ3n) is 2.32. The van der Waals surface area contributed by atoms with E-state index in [0.29, 0.717) is 6.54 Å². The Morgan fingerprint density at radius 3 is 3.00 bits per heavy atom. The van der Waals surface area contributed by atoms with Crippen molar-refractivity contribution in [1.82, 2.24) is 10.2 Å². The molecule has 13 heavy (non-hydrogen) atoms. The molecule has 0 aliphatic carbocycles. The van der Waals surface area contributed by atoms with Gasteiger partial charge in [-0.25, -0.2) is 0 Å². The van der Waals surface area contributed by atoms with Gasteiger partial charge in [0.2, 0.25) is 0 Å². The molecule has 68 valence electrons. The summed E-state index contributed by atoms with van der Waals surface area (Å²) < 4.78 is 0. The minimum atomic E-state index is 0.547. The number of rotatable bonds is 2. The van der Waals surface area contributed by atoms with Crippen LogP contribution in [0.5, 0.6) is 0 Å². The molecule has 0 unspecified atom stereocenters. The molecule has 0 spiro atoms. The molecule has 0 saturated carbocycles. The number of hydrogen-bond acceptors (Lipinski definition) is 2. The fourth-order valence-corrected chi connectivity index (χ4v) is 1.58. The third-order valence-corrected chi connectivity index (χ3v) is 2.32. The van der Waals surface area contributed by atoms with Gasteiger partial charge in [0, 0.05) is 17.6 Å². The molecule has 0 atom stereocenters. The fraction of sp³-hybridized carbons (Fsp3) is 0.300. The number of fused-ring (bicyclic) bond motifs is 1. The third kappa shape index (κ3) is 1.21. The van der Waals surface area contributed by atoms with E-state index in [9.17, 15) is 0 Å². The van der Waals surface area contributed by atoms with E-state index in [1.807, 2.05) is 12.1 Å². The largest absolute Gasteiger partial charge is 0.326 e. The molecule has 3 N–H and O–H groups in total. The summed E-state index contributed by atoms with van der Waals surface area (Å²) >= 11 is 0. The van der Waals surface area contributed by atoms with Crippen LogP contribution in [0.2, 0.25) is 0 Å². The first kappa shape index (κ1) is 8.26. The fourth-order valence-electron chi connectivity index (χ4n) is 1.58. The van der Waals surface area contributed by atoms with Gasteiger partial charge in [-0.1, -0.05) is 25.1 Å². The predicted molar refractivity (Wildman–Crippen MR) is 53.4 cm³/mol. The normalized spacial score (nSPS) is 10.9. The van der Waals surface area contributed by atoms with Crippen LogP contribution in [0.1, 0.15) is 18.2 Å². The Bertz CT molecular complexity index is 417. The highest BCUT2D eigenvalue weighted by Gasteiger charge is 2.05. The molecule has 1 heterocycles. The van der Waals surface area contributed by atoms with Crippen molar-refractivity contribution in [3.8, 4) is 0 Å². The maximum Gasteiger partial charge on any atom is 0.0968 e. The molecule has 0 saturated heterocycles. The summed E-state index contributed by atoms with van der Waals surface area (Å²) in [4.78, 5) is 0. The first-order valence-corrected chi connectivity index (χ1v) is 4.51. The first-order valence-electron chi connectivity index (χ1n) is 4.51. The van der Waals surface area contributed by atoms with E-state index in [1.54, 1.807) is 0 Å². The number of H-pyrrole nitrogens is 1. The van der Waals surface area contributed by atoms with Crippen LogP contribution in [0, 0.1) is 0 Å². The number of aryl methyl sites for hydroxylation is 1. The van der Waals surface area contributed by atoms with Crippen molar-refractivity contribution in [2.24, 2.45) is 5.73 Å². The molecule has 0 radical (unpaired) electrons. The number of aromatic amines is 1. The van der Waals surface area contributed by atoms with Crippen LogP contribution < -0.4 is 5.73 Å². The topological polar surface area (TPSA) is 54.7 Å². The number of benzene rings is 1. The molecule has 3 heteroatoms. The number of aromatic nitrogens is 2. The van der Waals surface area contributed by atoms with Crippen LogP contribution in [0.15, 0.2) is 18.2 Å². The van der Waals surface area contributed by atoms with Gasteiger partial charge in [-0.05, 0) is 12.0 Å². The number of nitrogens with one attached hydrogen (secondary N) is 1. The Balaban J connectivity index is 2.72. The predicted octanol–water partition coefficient (Wildman–Crippen LogP) is 1.58. The Hall–Kier alpha value is -1.35. The quantitative estimate of drug-likeness (QED) is 0.728. The summed E-state index contributed by atoms with van der Waals surface area (Å²) in [6.45, 7) is 2.66. The summed E-state index contributed by atoms with van der Waals surface area (Å²) in [5.41, 5.74) is 8.92. The highest BCUT2D eigenvalue weighted by atomic mass is 15.1. The van der Waals surface area contributed by atoms with E-state index in [4.69, 9.17) is 5.73 Å². The lowest BCUT2D eigenvalue weighted by Crippen LogP contribution is -1.96. The Morgan fingerprint density at radius 2 is 2.31 bits per heavy atom. The molecule has 0 aliphatic heterocycles. The zero-order valence-electron chi connectivity index (χ0n) is 7.67. The molecule has 0 bridgehead atoms. The van der Waals surface area contributed by atoms with Gasteiger partial charge in [0.1, 0.15) is 0 Å². The molecule has 2 aromatic rings. The van der Waals surface area contributed by atoms with Gasteiger partial charge in [0.15, 0.2) is 0 Å². The van der Waals surface area contributed by atoms with Crippen molar-refractivity contribution in [3.63, 3.8) is 0 Å². The van der Waals surface area contributed by atoms with E-state index in [1.165, 1.54) is 11.1 Å². The highest BCUT2D eigenvalue weighted by Crippen LogP contribution is 2.19. The second kappa shape index (κ2) is 3.18. The lowest BCUT2D eigenvalue weighted by Gasteiger charge is -1.97. The monoisotopic (exact) mass is 175 g/mol. The smallest absolute Gasteiger partial charge is 0.0968 e. The Morgan fingerprint density at radius 1 is 1.46 bits per heavy atom. The van der Waals surface area contributed by atoms with Crippen molar-refractivity contribution in [2.45, 2.75) is 19.9 Å². The van der Waals surface area contributed by atoms with Crippen molar-refractivity contribution in [3.05, 3.63) is 29.5 Å². The number of nitrogens with zero attached hydrogens (tertiary/aromatic N) is 1. The molecule has 3 nitrogen and oxygen atoms in total. The van der Waals surface area contributed by atoms with Gasteiger partial charge >= 0.3 is 0 Å². The van der Waals surface area contributed by atoms with Gasteiger partial charge in [0.05, 0.1) is 5.52 Å². The van der Waals surface area contributed by atoms with E-state index >= 15 is 0 Å². The molecule has 0 amide bonds. The van der Waals surface area contributed by atoms with E-state index in [-0.39, 0.29) is 0 Å². The maximum absolute atomic E-state index is 5.61. The molecule has 2 rings (SSSR count). The standard InChI is InChI=1S/C10H13N3/c1-2-9-8-5-3-4-7(6-11)10(8)13-12-9/h3-5H,2,6,11H2,1H3,(H,12,13). The molecule has 0 fully saturated rings. The van der Waals surface area contributed by atoms with E-state index < -0.39 is 0 Å². The van der Waals surface area contributed by atoms with Crippen LogP contribution in [0.3, 0.4) is 0 Å². The molecule has 1 aromatic heterocycles. The maximum atomic E-state index is 5.61. The Labute approximate surface area is 76.9 Å². The van der Waals surface area contributed by atoms with Crippen molar-refractivity contribution in [2.75, 3.05) is 0 Å². The van der Waals surface area contributed by atoms with Crippen molar-refractivity contribution >= 4 is 10.9 Å². The highest BCUT2D eigenvalue weighted by molar-refractivity contribution is 5.84. The zero-order valence-corrected chi connectivity index (χ0v) is 7.67. The van der Waals surface area contributed by atoms with Crippen LogP contribution in [0.4, 0.5) is 0 Å². The summed E-state index contributed by atoms with van der Waals surface area (Å²) in [7, 11) is 0. The second-order valence-electron chi connectivity index (χ2n) is 3.07. The number of para-hydroxylation sites is 1. The number of hydrogen-bond donors (Lipinski definition) is 2. The van der Waals surface area contributed by atoms with E-state index in [0.717, 1.165) is 17.5 Å². The average molecular weight is 175 g/mol. The lowest BCUT2D eigenvalue weighted by molar-refractivity contribution is 0.983. The molecule has 0 aliphatic rings. The lowest BCUT2D eigenvalue weighted by atomic mass is 10.1. The Kier molecular flexibility index (Phi) is 2.02. The van der Waals surface area contributed by atoms with Gasteiger partial charge in [-0.15, -0.1) is 0 Å². The molecule has 1 aromatic carbocycles. The second-order valence-corrected chi connectivity index (χ2v) is 3.07. The van der Waals surface area contributed by atoms with Gasteiger partial charge in [0.25, 0.3) is 0 Å². The minimum absolute atomic E-state index is 0.547. The average Bonchev–Trinajstić information content (AvgIpc) is 2.60. The summed E-state index contributed by atoms with van der Waals surface area (Å²) in [6.07, 6.45) is 0.977. The summed E-state index contributed by atoms with van der Waals surface area (Å²) in [6, 6.07) is 6.12. The SMILES string of the molecule is CCc1[nH]nc2c(CN)cccc12. The summed E-state index contributed by atoms with van der Waals surface area (Å²) in [5, 5.41) is 8.49. The van der Waals surface area contributed by atoms with Crippen LogP contribution in [-0.2, 0) is 13.0 Å². The van der Waals surface area contributed by atoms with Gasteiger partial charge in [-0.2, -0.15) is 5.10 Å². The molecular weight excluding hydrogens is 162 g/mol. The van der Waals surface area contributed by atoms with Crippen molar-refractivity contribution in [1.29, 1.82) is 0 Å². The van der Waals surface area contributed by atoms with Crippen LogP contribution in [-0.4, -0.2) is 10.2 Å².